The molecule has 0 spiro atoms. The first-order valence-corrected chi connectivity index (χ1v) is 5.38. The van der Waals surface area contributed by atoms with Crippen molar-refractivity contribution in [1.29, 1.82) is 0 Å². The molecule has 0 aromatic heterocycles. The predicted molar refractivity (Wildman–Crippen MR) is 63.2 cm³/mol. The molecule has 0 bridgehead atoms. The SMILES string of the molecule is C=CC(C/C=C\CC)CC/C=C/CO. The molecule has 1 heteroatoms. The predicted octanol–water partition coefficient (Wildman–Crippen LogP) is 3.47. The molecule has 0 fully saturated rings. The van der Waals surface area contributed by atoms with Crippen molar-refractivity contribution in [3.05, 3.63) is 37.0 Å². The summed E-state index contributed by atoms with van der Waals surface area (Å²) in [4.78, 5) is 0. The minimum Gasteiger partial charge on any atom is -0.392 e. The van der Waals surface area contributed by atoms with E-state index in [1.54, 1.807) is 6.08 Å². The number of aliphatic hydroxyl groups excluding tert-OH is 1. The molecule has 1 unspecified atom stereocenters. The Hall–Kier alpha value is -0.820. The van der Waals surface area contributed by atoms with Crippen LogP contribution >= 0.6 is 0 Å². The van der Waals surface area contributed by atoms with Gasteiger partial charge in [0.15, 0.2) is 0 Å². The molecule has 1 N–H and O–H groups in total. The molecule has 0 aliphatic heterocycles. The summed E-state index contributed by atoms with van der Waals surface area (Å²) in [5, 5.41) is 8.54. The van der Waals surface area contributed by atoms with Crippen molar-refractivity contribution in [2.75, 3.05) is 6.61 Å². The van der Waals surface area contributed by atoms with Gasteiger partial charge in [-0.25, -0.2) is 0 Å². The summed E-state index contributed by atoms with van der Waals surface area (Å²) in [6.07, 6.45) is 14.6. The van der Waals surface area contributed by atoms with Gasteiger partial charge in [-0.05, 0) is 31.6 Å². The Labute approximate surface area is 87.8 Å². The Kier molecular flexibility index (Phi) is 9.66. The normalized spacial score (nSPS) is 13.9. The lowest BCUT2D eigenvalue weighted by atomic mass is 9.99. The summed E-state index contributed by atoms with van der Waals surface area (Å²) in [5.74, 6) is 0.571. The molecule has 0 aliphatic rings. The summed E-state index contributed by atoms with van der Waals surface area (Å²) < 4.78 is 0. The lowest BCUT2D eigenvalue weighted by molar-refractivity contribution is 0.342. The van der Waals surface area contributed by atoms with Crippen LogP contribution in [0.1, 0.15) is 32.6 Å². The van der Waals surface area contributed by atoms with Gasteiger partial charge in [-0.2, -0.15) is 0 Å². The van der Waals surface area contributed by atoms with Gasteiger partial charge in [-0.3, -0.25) is 0 Å². The molecule has 1 nitrogen and oxygen atoms in total. The third kappa shape index (κ3) is 7.81. The average Bonchev–Trinajstić information content (AvgIpc) is 2.22. The van der Waals surface area contributed by atoms with Crippen LogP contribution in [0.15, 0.2) is 37.0 Å². The first-order chi connectivity index (χ1) is 6.85. The Morgan fingerprint density at radius 3 is 2.57 bits per heavy atom. The zero-order valence-corrected chi connectivity index (χ0v) is 9.15. The van der Waals surface area contributed by atoms with Crippen LogP contribution in [-0.4, -0.2) is 11.7 Å². The largest absolute Gasteiger partial charge is 0.392 e. The maximum Gasteiger partial charge on any atom is 0.0612 e. The second-order valence-corrected chi connectivity index (χ2v) is 3.34. The molecule has 0 radical (unpaired) electrons. The number of allylic oxidation sites excluding steroid dienone is 4. The maximum atomic E-state index is 8.54. The van der Waals surface area contributed by atoms with Crippen molar-refractivity contribution in [3.8, 4) is 0 Å². The van der Waals surface area contributed by atoms with E-state index in [0.29, 0.717) is 5.92 Å². The van der Waals surface area contributed by atoms with E-state index in [1.165, 1.54) is 0 Å². The van der Waals surface area contributed by atoms with Gasteiger partial charge in [0.2, 0.25) is 0 Å². The van der Waals surface area contributed by atoms with Crippen LogP contribution in [0.25, 0.3) is 0 Å². The highest BCUT2D eigenvalue weighted by Gasteiger charge is 1.99. The molecule has 1 atom stereocenters. The molecule has 14 heavy (non-hydrogen) atoms. The summed E-state index contributed by atoms with van der Waals surface area (Å²) in [7, 11) is 0. The van der Waals surface area contributed by atoms with Crippen molar-refractivity contribution in [1.82, 2.24) is 0 Å². The van der Waals surface area contributed by atoms with E-state index in [9.17, 15) is 0 Å². The summed E-state index contributed by atoms with van der Waals surface area (Å²) >= 11 is 0. The fourth-order valence-electron chi connectivity index (χ4n) is 1.27. The zero-order chi connectivity index (χ0) is 10.6. The lowest BCUT2D eigenvalue weighted by Crippen LogP contribution is -1.93. The van der Waals surface area contributed by atoms with Crippen LogP contribution in [0.2, 0.25) is 0 Å². The van der Waals surface area contributed by atoms with Crippen LogP contribution in [0.4, 0.5) is 0 Å². The molecular weight excluding hydrogens is 172 g/mol. The van der Waals surface area contributed by atoms with Gasteiger partial charge in [0.1, 0.15) is 0 Å². The third-order valence-electron chi connectivity index (χ3n) is 2.15. The van der Waals surface area contributed by atoms with E-state index < -0.39 is 0 Å². The van der Waals surface area contributed by atoms with Crippen LogP contribution in [-0.2, 0) is 0 Å². The van der Waals surface area contributed by atoms with Gasteiger partial charge in [0.05, 0.1) is 6.61 Å². The minimum absolute atomic E-state index is 0.147. The monoisotopic (exact) mass is 194 g/mol. The number of hydrogen-bond acceptors (Lipinski definition) is 1. The third-order valence-corrected chi connectivity index (χ3v) is 2.15. The highest BCUT2D eigenvalue weighted by atomic mass is 16.2. The first-order valence-electron chi connectivity index (χ1n) is 5.38. The molecule has 0 aliphatic carbocycles. The van der Waals surface area contributed by atoms with Gasteiger partial charge in [0, 0.05) is 0 Å². The molecular formula is C13H22O. The summed E-state index contributed by atoms with van der Waals surface area (Å²) in [5.41, 5.74) is 0. The zero-order valence-electron chi connectivity index (χ0n) is 9.15. The van der Waals surface area contributed by atoms with Gasteiger partial charge >= 0.3 is 0 Å². The van der Waals surface area contributed by atoms with Crippen LogP contribution in [0.5, 0.6) is 0 Å². The highest BCUT2D eigenvalue weighted by molar-refractivity contribution is 4.91. The van der Waals surface area contributed by atoms with Crippen molar-refractivity contribution < 1.29 is 5.11 Å². The van der Waals surface area contributed by atoms with E-state index in [1.807, 2.05) is 12.2 Å². The Balaban J connectivity index is 3.62. The molecule has 80 valence electrons. The lowest BCUT2D eigenvalue weighted by Gasteiger charge is -2.07. The second kappa shape index (κ2) is 10.3. The standard InChI is InChI=1S/C13H22O/c1-3-5-7-10-13(4-2)11-8-6-9-12-14/h4-7,9,13-14H,2-3,8,10-12H2,1H3/b7-5-,9-6+. The molecule has 0 saturated carbocycles. The van der Waals surface area contributed by atoms with E-state index in [0.717, 1.165) is 25.7 Å². The van der Waals surface area contributed by atoms with E-state index in [-0.39, 0.29) is 6.61 Å². The number of hydrogen-bond donors (Lipinski definition) is 1. The van der Waals surface area contributed by atoms with Gasteiger partial charge < -0.3 is 5.11 Å². The maximum absolute atomic E-state index is 8.54. The Morgan fingerprint density at radius 1 is 1.21 bits per heavy atom. The van der Waals surface area contributed by atoms with Crippen molar-refractivity contribution in [2.24, 2.45) is 5.92 Å². The van der Waals surface area contributed by atoms with Gasteiger partial charge in [-0.15, -0.1) is 6.58 Å². The van der Waals surface area contributed by atoms with Crippen LogP contribution in [0, 0.1) is 5.92 Å². The fourth-order valence-corrected chi connectivity index (χ4v) is 1.27. The summed E-state index contributed by atoms with van der Waals surface area (Å²) in [6.45, 7) is 6.12. The van der Waals surface area contributed by atoms with E-state index in [4.69, 9.17) is 5.11 Å². The molecule has 0 amide bonds. The van der Waals surface area contributed by atoms with Crippen molar-refractivity contribution >= 4 is 0 Å². The van der Waals surface area contributed by atoms with E-state index >= 15 is 0 Å². The van der Waals surface area contributed by atoms with Gasteiger partial charge in [0.25, 0.3) is 0 Å². The van der Waals surface area contributed by atoms with E-state index in [2.05, 4.69) is 25.7 Å². The fraction of sp³-hybridized carbons (Fsp3) is 0.538. The molecule has 0 saturated heterocycles. The molecule has 0 heterocycles. The second-order valence-electron chi connectivity index (χ2n) is 3.34. The average molecular weight is 194 g/mol. The van der Waals surface area contributed by atoms with Gasteiger partial charge in [-0.1, -0.05) is 37.3 Å². The molecule has 0 rings (SSSR count). The molecule has 0 aromatic carbocycles. The first kappa shape index (κ1) is 13.2. The summed E-state index contributed by atoms with van der Waals surface area (Å²) in [6, 6.07) is 0. The van der Waals surface area contributed by atoms with Crippen molar-refractivity contribution in [3.63, 3.8) is 0 Å². The number of rotatable bonds is 8. The minimum atomic E-state index is 0.147. The van der Waals surface area contributed by atoms with Crippen LogP contribution < -0.4 is 0 Å². The topological polar surface area (TPSA) is 20.2 Å². The molecule has 0 aromatic rings. The Morgan fingerprint density at radius 2 is 2.00 bits per heavy atom. The Bertz CT molecular complexity index is 180. The quantitative estimate of drug-likeness (QED) is 0.587. The smallest absolute Gasteiger partial charge is 0.0612 e. The highest BCUT2D eigenvalue weighted by Crippen LogP contribution is 2.13. The van der Waals surface area contributed by atoms with Crippen LogP contribution in [0.3, 0.4) is 0 Å². The van der Waals surface area contributed by atoms with Crippen molar-refractivity contribution in [2.45, 2.75) is 32.6 Å². The number of aliphatic hydroxyl groups is 1.